The van der Waals surface area contributed by atoms with Crippen LogP contribution in [-0.4, -0.2) is 60.2 Å². The summed E-state index contributed by atoms with van der Waals surface area (Å²) in [6.07, 6.45) is 1.68. The van der Waals surface area contributed by atoms with E-state index in [0.717, 1.165) is 0 Å². The molecule has 0 aliphatic rings. The normalized spacial score (nSPS) is 13.2. The minimum absolute atomic E-state index is 0.191. The van der Waals surface area contributed by atoms with Crippen molar-refractivity contribution in [1.82, 2.24) is 21.3 Å². The van der Waals surface area contributed by atoms with E-state index >= 15 is 0 Å². The molecule has 0 unspecified atom stereocenters. The molecule has 0 bridgehead atoms. The predicted octanol–water partition coefficient (Wildman–Crippen LogP) is -1.74. The van der Waals surface area contributed by atoms with E-state index in [9.17, 15) is 24.0 Å². The number of amides is 5. The van der Waals surface area contributed by atoms with Crippen molar-refractivity contribution < 1.29 is 24.0 Å². The van der Waals surface area contributed by atoms with Crippen LogP contribution in [0.5, 0.6) is 0 Å². The maximum absolute atomic E-state index is 12.5. The molecular weight excluding hydrogens is 392 g/mol. The molecule has 0 heterocycles. The Bertz CT molecular complexity index is 635. The van der Waals surface area contributed by atoms with Crippen LogP contribution < -0.4 is 32.7 Å². The lowest BCUT2D eigenvalue weighted by molar-refractivity contribution is -0.136. The minimum atomic E-state index is -1.34. The van der Waals surface area contributed by atoms with Gasteiger partial charge in [0, 0.05) is 6.92 Å². The summed E-state index contributed by atoms with van der Waals surface area (Å²) in [5, 5.41) is 10.0. The van der Waals surface area contributed by atoms with E-state index in [1.54, 1.807) is 13.8 Å². The monoisotopic (exact) mass is 428 g/mol. The molecule has 0 aromatic carbocycles. The van der Waals surface area contributed by atoms with E-state index < -0.39 is 47.8 Å². The fourth-order valence-corrected chi connectivity index (χ4v) is 2.60. The third-order valence-corrected chi connectivity index (χ3v) is 4.35. The summed E-state index contributed by atoms with van der Waals surface area (Å²) in [6.45, 7) is 7.85. The van der Waals surface area contributed by atoms with Gasteiger partial charge in [0.15, 0.2) is 0 Å². The van der Waals surface area contributed by atoms with Gasteiger partial charge in [0.25, 0.3) is 0 Å². The van der Waals surface area contributed by atoms with Crippen molar-refractivity contribution in [2.75, 3.05) is 13.1 Å². The van der Waals surface area contributed by atoms with E-state index in [2.05, 4.69) is 21.3 Å². The van der Waals surface area contributed by atoms with Crippen molar-refractivity contribution in [3.63, 3.8) is 0 Å². The SMILES string of the molecule is CC(=O)N[C@@H](C(=O)NC(C)(C)C(=O)NCC(=O)N[C@@H](CCCCN)C(N)=O)C(C)C. The maximum atomic E-state index is 12.5. The molecule has 0 aliphatic heterocycles. The van der Waals surface area contributed by atoms with E-state index in [4.69, 9.17) is 11.5 Å². The van der Waals surface area contributed by atoms with Crippen molar-refractivity contribution in [2.45, 2.75) is 71.5 Å². The minimum Gasteiger partial charge on any atom is -0.368 e. The number of primary amides is 1. The lowest BCUT2D eigenvalue weighted by atomic mass is 9.99. The molecule has 8 N–H and O–H groups in total. The maximum Gasteiger partial charge on any atom is 0.245 e. The van der Waals surface area contributed by atoms with Gasteiger partial charge in [0.1, 0.15) is 17.6 Å². The number of hydrogen-bond donors (Lipinski definition) is 6. The van der Waals surface area contributed by atoms with Gasteiger partial charge in [-0.1, -0.05) is 13.8 Å². The first kappa shape index (κ1) is 27.3. The molecule has 0 spiro atoms. The van der Waals surface area contributed by atoms with Crippen LogP contribution in [0, 0.1) is 5.92 Å². The molecule has 2 atom stereocenters. The highest BCUT2D eigenvalue weighted by molar-refractivity contribution is 5.95. The van der Waals surface area contributed by atoms with Gasteiger partial charge in [-0.3, -0.25) is 24.0 Å². The zero-order chi connectivity index (χ0) is 23.5. The molecule has 11 nitrogen and oxygen atoms in total. The zero-order valence-electron chi connectivity index (χ0n) is 18.5. The second-order valence-electron chi connectivity index (χ2n) is 8.03. The second-order valence-corrected chi connectivity index (χ2v) is 8.03. The second kappa shape index (κ2) is 12.8. The summed E-state index contributed by atoms with van der Waals surface area (Å²) in [5.74, 6) is -2.92. The summed E-state index contributed by atoms with van der Waals surface area (Å²) in [5.41, 5.74) is 9.35. The molecule has 5 amide bonds. The van der Waals surface area contributed by atoms with Crippen LogP contribution in [0.1, 0.15) is 53.9 Å². The van der Waals surface area contributed by atoms with Crippen LogP contribution >= 0.6 is 0 Å². The average molecular weight is 429 g/mol. The van der Waals surface area contributed by atoms with Crippen LogP contribution in [0.4, 0.5) is 0 Å². The Labute approximate surface area is 177 Å². The number of unbranched alkanes of at least 4 members (excludes halogenated alkanes) is 1. The lowest BCUT2D eigenvalue weighted by Crippen LogP contribution is -2.60. The zero-order valence-corrected chi connectivity index (χ0v) is 18.5. The molecule has 0 saturated carbocycles. The molecule has 0 radical (unpaired) electrons. The standard InChI is InChI=1S/C19H36N6O5/c1-11(2)15(23-12(3)26)17(29)25-19(4,5)18(30)22-10-14(27)24-13(16(21)28)8-6-7-9-20/h11,13,15H,6-10,20H2,1-5H3,(H2,21,28)(H,22,30)(H,23,26)(H,24,27)(H,25,29)/t13-,15+/m0/s1. The largest absolute Gasteiger partial charge is 0.368 e. The van der Waals surface area contributed by atoms with Gasteiger partial charge in [-0.05, 0) is 45.6 Å². The van der Waals surface area contributed by atoms with Gasteiger partial charge < -0.3 is 32.7 Å². The van der Waals surface area contributed by atoms with Crippen molar-refractivity contribution in [3.8, 4) is 0 Å². The Hall–Kier alpha value is -2.69. The number of rotatable bonds is 13. The van der Waals surface area contributed by atoms with Crippen LogP contribution in [0.25, 0.3) is 0 Å². The van der Waals surface area contributed by atoms with E-state index in [-0.39, 0.29) is 11.8 Å². The Morgan fingerprint density at radius 2 is 1.60 bits per heavy atom. The van der Waals surface area contributed by atoms with Gasteiger partial charge in [0.05, 0.1) is 6.54 Å². The highest BCUT2D eigenvalue weighted by Crippen LogP contribution is 2.07. The fraction of sp³-hybridized carbons (Fsp3) is 0.737. The van der Waals surface area contributed by atoms with Crippen molar-refractivity contribution in [1.29, 1.82) is 0 Å². The first-order chi connectivity index (χ1) is 13.8. The Kier molecular flexibility index (Phi) is 11.6. The third-order valence-electron chi connectivity index (χ3n) is 4.35. The Morgan fingerprint density at radius 1 is 1.00 bits per heavy atom. The fourth-order valence-electron chi connectivity index (χ4n) is 2.60. The molecule has 11 heteroatoms. The number of hydrogen-bond acceptors (Lipinski definition) is 6. The van der Waals surface area contributed by atoms with Crippen LogP contribution in [-0.2, 0) is 24.0 Å². The van der Waals surface area contributed by atoms with Gasteiger partial charge in [-0.25, -0.2) is 0 Å². The highest BCUT2D eigenvalue weighted by atomic mass is 16.2. The third kappa shape index (κ3) is 10.2. The molecule has 30 heavy (non-hydrogen) atoms. The average Bonchev–Trinajstić information content (AvgIpc) is 2.62. The Balaban J connectivity index is 4.78. The molecule has 0 fully saturated rings. The van der Waals surface area contributed by atoms with E-state index in [1.165, 1.54) is 20.8 Å². The van der Waals surface area contributed by atoms with Gasteiger partial charge in [-0.15, -0.1) is 0 Å². The van der Waals surface area contributed by atoms with Crippen molar-refractivity contribution in [3.05, 3.63) is 0 Å². The number of nitrogens with two attached hydrogens (primary N) is 2. The molecular formula is C19H36N6O5. The Morgan fingerprint density at radius 3 is 2.07 bits per heavy atom. The van der Waals surface area contributed by atoms with E-state index in [1.807, 2.05) is 0 Å². The smallest absolute Gasteiger partial charge is 0.245 e. The summed E-state index contributed by atoms with van der Waals surface area (Å²) in [6, 6.07) is -1.65. The van der Waals surface area contributed by atoms with Crippen LogP contribution in [0.15, 0.2) is 0 Å². The highest BCUT2D eigenvalue weighted by Gasteiger charge is 2.33. The number of carbonyl (C=O) groups is 5. The van der Waals surface area contributed by atoms with Crippen molar-refractivity contribution in [2.24, 2.45) is 17.4 Å². The van der Waals surface area contributed by atoms with Crippen molar-refractivity contribution >= 4 is 29.5 Å². The quantitative estimate of drug-likeness (QED) is 0.189. The summed E-state index contributed by atoms with van der Waals surface area (Å²) in [7, 11) is 0. The van der Waals surface area contributed by atoms with Gasteiger partial charge in [0.2, 0.25) is 29.5 Å². The first-order valence-corrected chi connectivity index (χ1v) is 9.98. The lowest BCUT2D eigenvalue weighted by Gasteiger charge is -2.29. The molecule has 0 aliphatic carbocycles. The molecule has 0 saturated heterocycles. The van der Waals surface area contributed by atoms with E-state index in [0.29, 0.717) is 25.8 Å². The number of carbonyl (C=O) groups excluding carboxylic acids is 5. The van der Waals surface area contributed by atoms with Gasteiger partial charge in [-0.2, -0.15) is 0 Å². The summed E-state index contributed by atoms with van der Waals surface area (Å²) in [4.78, 5) is 59.8. The van der Waals surface area contributed by atoms with Crippen LogP contribution in [0.3, 0.4) is 0 Å². The molecule has 0 aromatic rings. The number of nitrogens with one attached hydrogen (secondary N) is 4. The predicted molar refractivity (Wildman–Crippen MR) is 112 cm³/mol. The molecule has 0 rings (SSSR count). The van der Waals surface area contributed by atoms with Crippen LogP contribution in [0.2, 0.25) is 0 Å². The molecule has 0 aromatic heterocycles. The summed E-state index contributed by atoms with van der Waals surface area (Å²) < 4.78 is 0. The van der Waals surface area contributed by atoms with Gasteiger partial charge >= 0.3 is 0 Å². The summed E-state index contributed by atoms with van der Waals surface area (Å²) >= 11 is 0. The first-order valence-electron chi connectivity index (χ1n) is 9.98. The topological polar surface area (TPSA) is 186 Å². The molecule has 172 valence electrons.